The highest BCUT2D eigenvalue weighted by atomic mass is 32.1. The van der Waals surface area contributed by atoms with E-state index in [1.807, 2.05) is 11.3 Å². The summed E-state index contributed by atoms with van der Waals surface area (Å²) < 4.78 is 0. The quantitative estimate of drug-likeness (QED) is 0.835. The molecule has 0 bridgehead atoms. The lowest BCUT2D eigenvalue weighted by Crippen LogP contribution is -2.37. The van der Waals surface area contributed by atoms with Crippen LogP contribution in [0.1, 0.15) is 50.5 Å². The fourth-order valence-corrected chi connectivity index (χ4v) is 3.69. The molecule has 0 aliphatic heterocycles. The van der Waals surface area contributed by atoms with E-state index in [0.717, 1.165) is 13.0 Å². The predicted molar refractivity (Wildman–Crippen MR) is 72.0 cm³/mol. The minimum atomic E-state index is 0.490. The van der Waals surface area contributed by atoms with E-state index >= 15 is 0 Å². The van der Waals surface area contributed by atoms with Gasteiger partial charge in [-0.1, -0.05) is 27.2 Å². The topological polar surface area (TPSA) is 12.0 Å². The number of aryl methyl sites for hydroxylation is 1. The molecule has 16 heavy (non-hydrogen) atoms. The average Bonchev–Trinajstić information content (AvgIpc) is 2.81. The van der Waals surface area contributed by atoms with Crippen molar-refractivity contribution in [3.63, 3.8) is 0 Å². The third kappa shape index (κ3) is 2.49. The Morgan fingerprint density at radius 2 is 2.31 bits per heavy atom. The second-order valence-corrected chi connectivity index (χ2v) is 6.54. The van der Waals surface area contributed by atoms with Gasteiger partial charge in [0.2, 0.25) is 0 Å². The summed E-state index contributed by atoms with van der Waals surface area (Å²) in [6.45, 7) is 8.10. The van der Waals surface area contributed by atoms with E-state index in [-0.39, 0.29) is 0 Å². The minimum Gasteiger partial charge on any atom is -0.309 e. The fourth-order valence-electron chi connectivity index (χ4n) is 2.76. The van der Waals surface area contributed by atoms with E-state index in [9.17, 15) is 0 Å². The molecule has 1 aromatic heterocycles. The summed E-state index contributed by atoms with van der Waals surface area (Å²) >= 11 is 1.90. The van der Waals surface area contributed by atoms with Gasteiger partial charge in [-0.05, 0) is 41.7 Å². The zero-order chi connectivity index (χ0) is 11.6. The van der Waals surface area contributed by atoms with Gasteiger partial charge in [0.05, 0.1) is 0 Å². The molecule has 0 saturated heterocycles. The molecule has 1 heterocycles. The molecule has 2 rings (SSSR count). The first kappa shape index (κ1) is 12.1. The van der Waals surface area contributed by atoms with Crippen LogP contribution in [0.25, 0.3) is 0 Å². The van der Waals surface area contributed by atoms with E-state index in [1.54, 1.807) is 0 Å². The summed E-state index contributed by atoms with van der Waals surface area (Å²) in [5.74, 6) is 0. The molecule has 0 radical (unpaired) electrons. The number of thiophene rings is 1. The van der Waals surface area contributed by atoms with Crippen LogP contribution in [0.4, 0.5) is 0 Å². The van der Waals surface area contributed by atoms with Gasteiger partial charge in [-0.2, -0.15) is 0 Å². The van der Waals surface area contributed by atoms with Crippen molar-refractivity contribution in [2.24, 2.45) is 5.41 Å². The van der Waals surface area contributed by atoms with Crippen LogP contribution in [0.15, 0.2) is 11.4 Å². The van der Waals surface area contributed by atoms with Gasteiger partial charge in [0.25, 0.3) is 0 Å². The number of hydrogen-bond acceptors (Lipinski definition) is 2. The lowest BCUT2D eigenvalue weighted by Gasteiger charge is -2.28. The maximum atomic E-state index is 3.76. The van der Waals surface area contributed by atoms with Crippen LogP contribution >= 0.6 is 11.3 Å². The van der Waals surface area contributed by atoms with Crippen LogP contribution in [0.2, 0.25) is 0 Å². The van der Waals surface area contributed by atoms with Crippen molar-refractivity contribution in [1.29, 1.82) is 0 Å². The second-order valence-electron chi connectivity index (χ2n) is 5.54. The van der Waals surface area contributed by atoms with Crippen molar-refractivity contribution in [3.8, 4) is 0 Å². The zero-order valence-corrected chi connectivity index (χ0v) is 11.5. The first-order valence-corrected chi connectivity index (χ1v) is 7.30. The predicted octanol–water partition coefficient (Wildman–Crippen LogP) is 3.98. The molecular formula is C14H23NS. The smallest absolute Gasteiger partial charge is 0.0305 e. The van der Waals surface area contributed by atoms with Crippen LogP contribution < -0.4 is 5.32 Å². The number of nitrogens with one attached hydrogen (secondary N) is 1. The monoisotopic (exact) mass is 237 g/mol. The molecule has 1 aliphatic rings. The van der Waals surface area contributed by atoms with E-state index in [4.69, 9.17) is 0 Å². The molecule has 1 unspecified atom stereocenters. The maximum Gasteiger partial charge on any atom is 0.0305 e. The zero-order valence-electron chi connectivity index (χ0n) is 10.7. The van der Waals surface area contributed by atoms with Crippen LogP contribution in [0.3, 0.4) is 0 Å². The Hall–Kier alpha value is -0.340. The summed E-state index contributed by atoms with van der Waals surface area (Å²) in [4.78, 5) is 1.53. The molecular weight excluding hydrogens is 214 g/mol. The van der Waals surface area contributed by atoms with Crippen LogP contribution in [-0.2, 0) is 13.0 Å². The molecule has 2 heteroatoms. The van der Waals surface area contributed by atoms with Gasteiger partial charge in [0.15, 0.2) is 0 Å². The van der Waals surface area contributed by atoms with Crippen LogP contribution in [0.5, 0.6) is 0 Å². The molecule has 0 amide bonds. The summed E-state index contributed by atoms with van der Waals surface area (Å²) in [7, 11) is 0. The molecule has 1 atom stereocenters. The third-order valence-corrected chi connectivity index (χ3v) is 4.95. The van der Waals surface area contributed by atoms with Crippen molar-refractivity contribution in [1.82, 2.24) is 5.32 Å². The Morgan fingerprint density at radius 3 is 2.94 bits per heavy atom. The Balaban J connectivity index is 1.92. The lowest BCUT2D eigenvalue weighted by molar-refractivity contribution is 0.283. The molecule has 90 valence electrons. The number of rotatable bonds is 4. The summed E-state index contributed by atoms with van der Waals surface area (Å²) in [5, 5.41) is 5.98. The van der Waals surface area contributed by atoms with E-state index in [0.29, 0.717) is 11.5 Å². The Bertz CT molecular complexity index is 340. The van der Waals surface area contributed by atoms with Gasteiger partial charge >= 0.3 is 0 Å². The van der Waals surface area contributed by atoms with Crippen molar-refractivity contribution < 1.29 is 0 Å². The molecule has 1 saturated carbocycles. The van der Waals surface area contributed by atoms with Crippen LogP contribution in [0, 0.1) is 5.41 Å². The molecule has 0 spiro atoms. The lowest BCUT2D eigenvalue weighted by atomic mass is 9.87. The van der Waals surface area contributed by atoms with Gasteiger partial charge in [0.1, 0.15) is 0 Å². The molecule has 1 nitrogen and oxygen atoms in total. The summed E-state index contributed by atoms with van der Waals surface area (Å²) in [5.41, 5.74) is 2.01. The Labute approximate surface area is 103 Å². The SMILES string of the molecule is CCc1ccsc1CNC1CCCC1(C)C. The molecule has 1 aliphatic carbocycles. The average molecular weight is 237 g/mol. The van der Waals surface area contributed by atoms with Gasteiger partial charge < -0.3 is 5.32 Å². The minimum absolute atomic E-state index is 0.490. The van der Waals surface area contributed by atoms with E-state index in [1.165, 1.54) is 29.7 Å². The van der Waals surface area contributed by atoms with E-state index in [2.05, 4.69) is 37.5 Å². The fraction of sp³-hybridized carbons (Fsp3) is 0.714. The van der Waals surface area contributed by atoms with Gasteiger partial charge in [-0.15, -0.1) is 11.3 Å². The van der Waals surface area contributed by atoms with Crippen molar-refractivity contribution >= 4 is 11.3 Å². The van der Waals surface area contributed by atoms with Crippen molar-refractivity contribution in [2.45, 2.75) is 59.0 Å². The highest BCUT2D eigenvalue weighted by Crippen LogP contribution is 2.37. The Kier molecular flexibility index (Phi) is 3.70. The summed E-state index contributed by atoms with van der Waals surface area (Å²) in [6.07, 6.45) is 5.26. The highest BCUT2D eigenvalue weighted by molar-refractivity contribution is 7.10. The van der Waals surface area contributed by atoms with Crippen molar-refractivity contribution in [3.05, 3.63) is 21.9 Å². The third-order valence-electron chi connectivity index (χ3n) is 3.98. The van der Waals surface area contributed by atoms with Gasteiger partial charge in [-0.3, -0.25) is 0 Å². The molecule has 1 N–H and O–H groups in total. The molecule has 0 aromatic carbocycles. The Morgan fingerprint density at radius 1 is 1.50 bits per heavy atom. The maximum absolute atomic E-state index is 3.76. The van der Waals surface area contributed by atoms with Gasteiger partial charge in [-0.25, -0.2) is 0 Å². The number of hydrogen-bond donors (Lipinski definition) is 1. The van der Waals surface area contributed by atoms with Gasteiger partial charge in [0, 0.05) is 17.5 Å². The van der Waals surface area contributed by atoms with Crippen molar-refractivity contribution in [2.75, 3.05) is 0 Å². The first-order chi connectivity index (χ1) is 7.63. The molecule has 1 fully saturated rings. The van der Waals surface area contributed by atoms with E-state index < -0.39 is 0 Å². The van der Waals surface area contributed by atoms with Crippen LogP contribution in [-0.4, -0.2) is 6.04 Å². The first-order valence-electron chi connectivity index (χ1n) is 6.42. The highest BCUT2D eigenvalue weighted by Gasteiger charge is 2.33. The normalized spacial score (nSPS) is 23.8. The second kappa shape index (κ2) is 4.89. The largest absolute Gasteiger partial charge is 0.309 e. The summed E-state index contributed by atoms with van der Waals surface area (Å²) in [6, 6.07) is 2.97. The standard InChI is InChI=1S/C14H23NS/c1-4-11-7-9-16-12(11)10-15-13-6-5-8-14(13,2)3/h7,9,13,15H,4-6,8,10H2,1-3H3. The molecule has 1 aromatic rings.